The minimum Gasteiger partial charge on any atom is -0.328 e. The molecule has 2 atom stereocenters. The lowest BCUT2D eigenvalue weighted by Gasteiger charge is -2.23. The molecule has 0 aliphatic carbocycles. The molecule has 1 fully saturated rings. The zero-order chi connectivity index (χ0) is 28.4. The minimum atomic E-state index is -1.22. The smallest absolute Gasteiger partial charge is 0.313 e. The Morgan fingerprint density at radius 2 is 1.71 bits per heavy atom. The summed E-state index contributed by atoms with van der Waals surface area (Å²) in [5, 5.41) is 14.2. The summed E-state index contributed by atoms with van der Waals surface area (Å²) in [5.74, 6) is -5.03. The summed E-state index contributed by atoms with van der Waals surface area (Å²) in [6.07, 6.45) is 0.128. The first-order valence-electron chi connectivity index (χ1n) is 12.0. The third-order valence-electron chi connectivity index (χ3n) is 5.28. The third-order valence-corrected chi connectivity index (χ3v) is 5.28. The molecule has 2 aromatic rings. The Bertz CT molecular complexity index is 1200. The van der Waals surface area contributed by atoms with Crippen LogP contribution in [-0.2, 0) is 19.2 Å². The van der Waals surface area contributed by atoms with Gasteiger partial charge in [-0.2, -0.15) is 5.26 Å². The van der Waals surface area contributed by atoms with E-state index in [1.807, 2.05) is 11.4 Å². The summed E-state index contributed by atoms with van der Waals surface area (Å²) in [4.78, 5) is 51.8. The van der Waals surface area contributed by atoms with Gasteiger partial charge in [-0.3, -0.25) is 19.2 Å². The summed E-state index contributed by atoms with van der Waals surface area (Å²) >= 11 is 0. The quantitative estimate of drug-likeness (QED) is 0.577. The van der Waals surface area contributed by atoms with E-state index in [4.69, 9.17) is 0 Å². The van der Waals surface area contributed by atoms with Gasteiger partial charge in [-0.15, -0.1) is 0 Å². The molecule has 2 N–H and O–H groups in total. The van der Waals surface area contributed by atoms with Crippen molar-refractivity contribution in [3.63, 3.8) is 0 Å². The van der Waals surface area contributed by atoms with Crippen molar-refractivity contribution in [3.05, 3.63) is 60.2 Å². The number of hydrogen-bond acceptors (Lipinski definition) is 5. The molecule has 0 saturated carbocycles. The van der Waals surface area contributed by atoms with Crippen LogP contribution < -0.4 is 10.6 Å². The molecule has 2 unspecified atom stereocenters. The van der Waals surface area contributed by atoms with Crippen LogP contribution in [0.25, 0.3) is 0 Å². The normalized spacial score (nSPS) is 16.1. The number of hydrogen-bond donors (Lipinski definition) is 2. The zero-order valence-electron chi connectivity index (χ0n) is 21.7. The van der Waals surface area contributed by atoms with Crippen LogP contribution in [0.5, 0.6) is 0 Å². The standard InChI is InChI=1S/C23H21F2N5O4.C4H10/c1-29(23(34)22(33)28-19-8-7-15(24)10-18(19)25)13-20(31)30-12-14(9-17(30)11-26)21(32)27-16-5-3-2-4-6-16;1-4(2)3/h2-8,10,14,17H,9,12-13H2,1H3,(H,27,32)(H,28,33);4H,1-3H3. The van der Waals surface area contributed by atoms with Crippen LogP contribution in [0.15, 0.2) is 48.5 Å². The predicted octanol–water partition coefficient (Wildman–Crippen LogP) is 3.40. The number of halogens is 2. The molecule has 38 heavy (non-hydrogen) atoms. The number of nitrogens with zero attached hydrogens (tertiary/aromatic N) is 3. The van der Waals surface area contributed by atoms with Gasteiger partial charge in [0.25, 0.3) is 0 Å². The van der Waals surface area contributed by atoms with E-state index in [2.05, 4.69) is 26.1 Å². The Morgan fingerprint density at radius 3 is 2.29 bits per heavy atom. The van der Waals surface area contributed by atoms with Crippen LogP contribution in [0.4, 0.5) is 20.2 Å². The van der Waals surface area contributed by atoms with E-state index in [0.29, 0.717) is 11.8 Å². The number of likely N-dealkylation sites (tertiary alicyclic amines) is 1. The zero-order valence-corrected chi connectivity index (χ0v) is 21.7. The van der Waals surface area contributed by atoms with E-state index >= 15 is 0 Å². The average molecular weight is 528 g/mol. The largest absolute Gasteiger partial charge is 0.328 e. The number of likely N-dealkylation sites (N-methyl/N-ethyl adjacent to an activating group) is 1. The van der Waals surface area contributed by atoms with Gasteiger partial charge in [-0.1, -0.05) is 39.0 Å². The molecule has 1 aliphatic rings. The van der Waals surface area contributed by atoms with Crippen LogP contribution in [-0.4, -0.2) is 59.6 Å². The highest BCUT2D eigenvalue weighted by molar-refractivity contribution is 6.39. The van der Waals surface area contributed by atoms with Crippen LogP contribution in [0.3, 0.4) is 0 Å². The molecule has 0 spiro atoms. The molecule has 9 nitrogen and oxygen atoms in total. The number of carbonyl (C=O) groups excluding carboxylic acids is 4. The molecular formula is C27H31F2N5O4. The second-order valence-corrected chi connectivity index (χ2v) is 9.45. The average Bonchev–Trinajstić information content (AvgIpc) is 3.30. The summed E-state index contributed by atoms with van der Waals surface area (Å²) in [7, 11) is 1.19. The molecule has 1 aliphatic heterocycles. The van der Waals surface area contributed by atoms with Crippen LogP contribution in [0, 0.1) is 34.8 Å². The molecule has 0 aromatic heterocycles. The Labute approximate surface area is 220 Å². The monoisotopic (exact) mass is 527 g/mol. The van der Waals surface area contributed by atoms with Crippen molar-refractivity contribution in [1.29, 1.82) is 5.26 Å². The Kier molecular flexibility index (Phi) is 10.9. The lowest BCUT2D eigenvalue weighted by atomic mass is 10.1. The molecule has 11 heteroatoms. The number of anilines is 2. The number of benzene rings is 2. The third kappa shape index (κ3) is 8.65. The van der Waals surface area contributed by atoms with Crippen molar-refractivity contribution in [3.8, 4) is 6.07 Å². The molecule has 1 heterocycles. The molecule has 0 radical (unpaired) electrons. The van der Waals surface area contributed by atoms with Gasteiger partial charge in [0.05, 0.1) is 24.2 Å². The minimum absolute atomic E-state index is 0.0231. The van der Waals surface area contributed by atoms with E-state index in [0.717, 1.165) is 23.0 Å². The second-order valence-electron chi connectivity index (χ2n) is 9.45. The highest BCUT2D eigenvalue weighted by Crippen LogP contribution is 2.25. The van der Waals surface area contributed by atoms with Crippen LogP contribution in [0.1, 0.15) is 27.2 Å². The fraction of sp³-hybridized carbons (Fsp3) is 0.370. The lowest BCUT2D eigenvalue weighted by Crippen LogP contribution is -2.46. The molecule has 0 bridgehead atoms. The van der Waals surface area contributed by atoms with Crippen LogP contribution >= 0.6 is 0 Å². The van der Waals surface area contributed by atoms with E-state index in [9.17, 15) is 33.2 Å². The fourth-order valence-corrected chi connectivity index (χ4v) is 3.50. The molecule has 4 amide bonds. The number of nitrogens with one attached hydrogen (secondary N) is 2. The van der Waals surface area contributed by atoms with Gasteiger partial charge in [-0.25, -0.2) is 8.78 Å². The van der Waals surface area contributed by atoms with E-state index in [1.165, 1.54) is 11.9 Å². The van der Waals surface area contributed by atoms with Gasteiger partial charge in [0.1, 0.15) is 17.7 Å². The van der Waals surface area contributed by atoms with Crippen molar-refractivity contribution >= 4 is 35.0 Å². The Balaban J connectivity index is 0.00000118. The number of rotatable bonds is 5. The summed E-state index contributed by atoms with van der Waals surface area (Å²) in [5.41, 5.74) is 0.190. The van der Waals surface area contributed by atoms with E-state index in [-0.39, 0.29) is 18.9 Å². The van der Waals surface area contributed by atoms with Gasteiger partial charge < -0.3 is 20.4 Å². The van der Waals surface area contributed by atoms with Gasteiger partial charge in [-0.05, 0) is 36.6 Å². The van der Waals surface area contributed by atoms with Gasteiger partial charge in [0.2, 0.25) is 11.8 Å². The number of para-hydroxylation sites is 1. The second kappa shape index (κ2) is 13.8. The van der Waals surface area contributed by atoms with Crippen molar-refractivity contribution in [2.24, 2.45) is 11.8 Å². The number of amides is 4. The first kappa shape index (κ1) is 29.9. The molecule has 202 valence electrons. The molecule has 1 saturated heterocycles. The van der Waals surface area contributed by atoms with Crippen molar-refractivity contribution in [1.82, 2.24) is 9.80 Å². The van der Waals surface area contributed by atoms with Crippen molar-refractivity contribution < 1.29 is 28.0 Å². The summed E-state index contributed by atoms with van der Waals surface area (Å²) < 4.78 is 26.7. The van der Waals surface area contributed by atoms with E-state index < -0.39 is 53.5 Å². The predicted molar refractivity (Wildman–Crippen MR) is 137 cm³/mol. The Hall–Kier alpha value is -4.33. The molecular weight excluding hydrogens is 496 g/mol. The maximum absolute atomic E-state index is 13.7. The summed E-state index contributed by atoms with van der Waals surface area (Å²) in [6, 6.07) is 12.3. The van der Waals surface area contributed by atoms with Gasteiger partial charge in [0.15, 0.2) is 0 Å². The van der Waals surface area contributed by atoms with Crippen molar-refractivity contribution in [2.75, 3.05) is 30.8 Å². The van der Waals surface area contributed by atoms with Gasteiger partial charge in [0, 0.05) is 25.3 Å². The summed E-state index contributed by atoms with van der Waals surface area (Å²) in [6.45, 7) is 5.94. The molecule has 2 aromatic carbocycles. The van der Waals surface area contributed by atoms with Crippen LogP contribution in [0.2, 0.25) is 0 Å². The first-order valence-corrected chi connectivity index (χ1v) is 12.0. The number of nitriles is 1. The maximum Gasteiger partial charge on any atom is 0.313 e. The molecule has 3 rings (SSSR count). The van der Waals surface area contributed by atoms with Gasteiger partial charge >= 0.3 is 11.8 Å². The topological polar surface area (TPSA) is 123 Å². The lowest BCUT2D eigenvalue weighted by molar-refractivity contribution is -0.145. The highest BCUT2D eigenvalue weighted by atomic mass is 19.1. The van der Waals surface area contributed by atoms with Crippen molar-refractivity contribution in [2.45, 2.75) is 33.2 Å². The fourth-order valence-electron chi connectivity index (χ4n) is 3.50. The highest BCUT2D eigenvalue weighted by Gasteiger charge is 2.39. The maximum atomic E-state index is 13.7. The SMILES string of the molecule is CC(C)C.CN(CC(=O)N1CC(C(=O)Nc2ccccc2)CC1C#N)C(=O)C(=O)Nc1ccc(F)cc1F. The Morgan fingerprint density at radius 1 is 1.08 bits per heavy atom. The number of carbonyl (C=O) groups is 4. The van der Waals surface area contributed by atoms with E-state index in [1.54, 1.807) is 30.3 Å². The first-order chi connectivity index (χ1) is 17.9.